The molecule has 0 spiro atoms. The molecule has 0 saturated heterocycles. The highest BCUT2D eigenvalue weighted by atomic mass is 16.3. The van der Waals surface area contributed by atoms with Crippen LogP contribution in [-0.4, -0.2) is 0 Å². The number of hydrogen-bond donors (Lipinski definition) is 0. The van der Waals surface area contributed by atoms with Gasteiger partial charge in [0.15, 0.2) is 0 Å². The van der Waals surface area contributed by atoms with Gasteiger partial charge >= 0.3 is 0 Å². The van der Waals surface area contributed by atoms with Crippen molar-refractivity contribution < 1.29 is 4.42 Å². The number of benzene rings is 9. The second-order valence-corrected chi connectivity index (χ2v) is 13.8. The van der Waals surface area contributed by atoms with E-state index in [1.807, 2.05) is 12.1 Å². The predicted molar refractivity (Wildman–Crippen MR) is 228 cm³/mol. The summed E-state index contributed by atoms with van der Waals surface area (Å²) in [7, 11) is 0. The Balaban J connectivity index is 0.978. The van der Waals surface area contributed by atoms with Crippen molar-refractivity contribution >= 4 is 49.8 Å². The van der Waals surface area contributed by atoms with Crippen LogP contribution < -0.4 is 4.90 Å². The first-order valence-electron chi connectivity index (χ1n) is 18.4. The van der Waals surface area contributed by atoms with Crippen molar-refractivity contribution in [2.45, 2.75) is 0 Å². The van der Waals surface area contributed by atoms with Crippen LogP contribution in [0.5, 0.6) is 0 Å². The number of nitrogens with zero attached hydrogens (tertiary/aromatic N) is 1. The monoisotopic (exact) mass is 689 g/mol. The van der Waals surface area contributed by atoms with Gasteiger partial charge < -0.3 is 9.32 Å². The zero-order chi connectivity index (χ0) is 35.8. The van der Waals surface area contributed by atoms with Gasteiger partial charge in [-0.2, -0.15) is 0 Å². The zero-order valence-corrected chi connectivity index (χ0v) is 29.6. The molecule has 10 rings (SSSR count). The maximum absolute atomic E-state index is 6.19. The second-order valence-electron chi connectivity index (χ2n) is 13.8. The van der Waals surface area contributed by atoms with E-state index in [0.29, 0.717) is 0 Å². The van der Waals surface area contributed by atoms with E-state index in [-0.39, 0.29) is 0 Å². The Morgan fingerprint density at radius 3 is 1.48 bits per heavy atom. The van der Waals surface area contributed by atoms with E-state index in [1.165, 1.54) is 55.3 Å². The Hall–Kier alpha value is -7.16. The highest BCUT2D eigenvalue weighted by molar-refractivity contribution is 6.06. The topological polar surface area (TPSA) is 16.4 Å². The van der Waals surface area contributed by atoms with Gasteiger partial charge in [0.05, 0.1) is 0 Å². The van der Waals surface area contributed by atoms with Crippen LogP contribution >= 0.6 is 0 Å². The minimum atomic E-state index is 0.887. The summed E-state index contributed by atoms with van der Waals surface area (Å²) in [5, 5.41) is 4.75. The van der Waals surface area contributed by atoms with Crippen molar-refractivity contribution in [2.75, 3.05) is 4.90 Å². The van der Waals surface area contributed by atoms with Crippen molar-refractivity contribution in [2.24, 2.45) is 0 Å². The number of anilines is 3. The Morgan fingerprint density at radius 2 is 0.759 bits per heavy atom. The lowest BCUT2D eigenvalue weighted by atomic mass is 9.94. The molecule has 0 aliphatic heterocycles. The number of fused-ring (bicyclic) bond motifs is 4. The van der Waals surface area contributed by atoms with Crippen LogP contribution in [0.1, 0.15) is 0 Å². The molecule has 0 atom stereocenters. The summed E-state index contributed by atoms with van der Waals surface area (Å²) in [4.78, 5) is 2.33. The Bertz CT molecular complexity index is 2900. The maximum atomic E-state index is 6.19. The van der Waals surface area contributed by atoms with Crippen molar-refractivity contribution in [3.8, 4) is 44.5 Å². The number of para-hydroxylation sites is 1. The third-order valence-corrected chi connectivity index (χ3v) is 10.5. The predicted octanol–water partition coefficient (Wildman–Crippen LogP) is 14.9. The van der Waals surface area contributed by atoms with Crippen molar-refractivity contribution in [3.63, 3.8) is 0 Å². The van der Waals surface area contributed by atoms with E-state index >= 15 is 0 Å². The minimum absolute atomic E-state index is 0.887. The first-order chi connectivity index (χ1) is 26.7. The highest BCUT2D eigenvalue weighted by Crippen LogP contribution is 2.40. The molecule has 0 aliphatic rings. The molecule has 54 heavy (non-hydrogen) atoms. The lowest BCUT2D eigenvalue weighted by molar-refractivity contribution is 0.669. The number of furan rings is 1. The summed E-state index contributed by atoms with van der Waals surface area (Å²) >= 11 is 0. The molecule has 10 aromatic rings. The van der Waals surface area contributed by atoms with E-state index in [2.05, 4.69) is 205 Å². The van der Waals surface area contributed by atoms with E-state index in [0.717, 1.165) is 39.0 Å². The molecule has 0 saturated carbocycles. The zero-order valence-electron chi connectivity index (χ0n) is 29.6. The van der Waals surface area contributed by atoms with Gasteiger partial charge in [-0.3, -0.25) is 0 Å². The van der Waals surface area contributed by atoms with Gasteiger partial charge in [-0.05, 0) is 110 Å². The maximum Gasteiger partial charge on any atom is 0.135 e. The molecule has 1 heterocycles. The SMILES string of the molecule is c1ccc(-c2ccc(N(c3ccc(-c4ccc(-c5cccc(-c6cccc7ccccc67)c5)cc4)cc3)c3ccc4oc5ccccc5c4c3)cc2)cc1. The fourth-order valence-electron chi connectivity index (χ4n) is 7.74. The van der Waals surface area contributed by atoms with Gasteiger partial charge in [0.25, 0.3) is 0 Å². The van der Waals surface area contributed by atoms with Gasteiger partial charge in [-0.25, -0.2) is 0 Å². The van der Waals surface area contributed by atoms with Gasteiger partial charge in [0.2, 0.25) is 0 Å². The third-order valence-electron chi connectivity index (χ3n) is 10.5. The van der Waals surface area contributed by atoms with Crippen LogP contribution in [0, 0.1) is 0 Å². The van der Waals surface area contributed by atoms with Crippen LogP contribution in [0.4, 0.5) is 17.1 Å². The van der Waals surface area contributed by atoms with Crippen molar-refractivity contribution in [3.05, 3.63) is 212 Å². The lowest BCUT2D eigenvalue weighted by Gasteiger charge is -2.26. The molecule has 2 nitrogen and oxygen atoms in total. The van der Waals surface area contributed by atoms with E-state index in [9.17, 15) is 0 Å². The van der Waals surface area contributed by atoms with Crippen LogP contribution in [0.3, 0.4) is 0 Å². The first kappa shape index (κ1) is 31.6. The average Bonchev–Trinajstić information content (AvgIpc) is 3.63. The average molecular weight is 690 g/mol. The molecular weight excluding hydrogens is 655 g/mol. The highest BCUT2D eigenvalue weighted by Gasteiger charge is 2.16. The number of hydrogen-bond acceptors (Lipinski definition) is 2. The van der Waals surface area contributed by atoms with Crippen molar-refractivity contribution in [1.82, 2.24) is 0 Å². The largest absolute Gasteiger partial charge is 0.456 e. The lowest BCUT2D eigenvalue weighted by Crippen LogP contribution is -2.09. The quantitative estimate of drug-likeness (QED) is 0.166. The minimum Gasteiger partial charge on any atom is -0.456 e. The molecule has 0 aliphatic carbocycles. The Morgan fingerprint density at radius 1 is 0.278 bits per heavy atom. The summed E-state index contributed by atoms with van der Waals surface area (Å²) in [6.45, 7) is 0. The van der Waals surface area contributed by atoms with Crippen LogP contribution in [0.2, 0.25) is 0 Å². The van der Waals surface area contributed by atoms with Crippen molar-refractivity contribution in [1.29, 1.82) is 0 Å². The summed E-state index contributed by atoms with van der Waals surface area (Å²) in [5.74, 6) is 0. The second kappa shape index (κ2) is 13.4. The Labute approximate surface area is 314 Å². The normalized spacial score (nSPS) is 11.3. The van der Waals surface area contributed by atoms with E-state index < -0.39 is 0 Å². The van der Waals surface area contributed by atoms with Crippen LogP contribution in [0.25, 0.3) is 77.2 Å². The van der Waals surface area contributed by atoms with Crippen LogP contribution in [-0.2, 0) is 0 Å². The van der Waals surface area contributed by atoms with E-state index in [1.54, 1.807) is 0 Å². The molecule has 254 valence electrons. The van der Waals surface area contributed by atoms with Gasteiger partial charge in [0, 0.05) is 27.8 Å². The van der Waals surface area contributed by atoms with Gasteiger partial charge in [-0.1, -0.05) is 158 Å². The smallest absolute Gasteiger partial charge is 0.135 e. The molecule has 0 unspecified atom stereocenters. The Kier molecular flexibility index (Phi) is 7.85. The van der Waals surface area contributed by atoms with Gasteiger partial charge in [-0.15, -0.1) is 0 Å². The third kappa shape index (κ3) is 5.81. The standard InChI is InChI=1S/C52H35NO/c1-2-10-36(11-3-1)38-24-28-44(29-25-38)53(46-32-33-52-50(35-46)49-17-6-7-19-51(49)54-52)45-30-26-39(27-31-45)37-20-22-40(23-21-37)42-14-8-15-43(34-42)48-18-9-13-41-12-4-5-16-47(41)48/h1-35H. The fourth-order valence-corrected chi connectivity index (χ4v) is 7.74. The molecule has 2 heteroatoms. The molecule has 0 amide bonds. The number of rotatable bonds is 7. The molecule has 0 fully saturated rings. The summed E-state index contributed by atoms with van der Waals surface area (Å²) < 4.78 is 6.19. The summed E-state index contributed by atoms with van der Waals surface area (Å²) in [5.41, 5.74) is 14.7. The molecule has 1 aromatic heterocycles. The molecule has 0 bridgehead atoms. The molecule has 9 aromatic carbocycles. The van der Waals surface area contributed by atoms with Gasteiger partial charge in [0.1, 0.15) is 11.2 Å². The molecular formula is C52H35NO. The fraction of sp³-hybridized carbons (Fsp3) is 0. The summed E-state index contributed by atoms with van der Waals surface area (Å²) in [6, 6.07) is 75.9. The van der Waals surface area contributed by atoms with E-state index in [4.69, 9.17) is 4.42 Å². The first-order valence-corrected chi connectivity index (χ1v) is 18.4. The molecule has 0 N–H and O–H groups in total. The molecule has 0 radical (unpaired) electrons. The van der Waals surface area contributed by atoms with Crippen LogP contribution in [0.15, 0.2) is 217 Å². The summed E-state index contributed by atoms with van der Waals surface area (Å²) in [6.07, 6.45) is 0.